The fraction of sp³-hybridized carbons (Fsp3) is 0.342. The van der Waals surface area contributed by atoms with Crippen molar-refractivity contribution < 1.29 is 14.2 Å². The van der Waals surface area contributed by atoms with E-state index < -0.39 is 5.79 Å². The van der Waals surface area contributed by atoms with E-state index in [4.69, 9.17) is 19.2 Å². The maximum atomic E-state index is 12.8. The minimum atomic E-state index is -1.15. The van der Waals surface area contributed by atoms with E-state index in [0.29, 0.717) is 18.9 Å². The highest BCUT2D eigenvalue weighted by Crippen LogP contribution is 2.38. The monoisotopic (exact) mass is 687 g/mol. The van der Waals surface area contributed by atoms with Crippen molar-refractivity contribution in [3.8, 4) is 11.4 Å². The molecule has 0 bridgehead atoms. The molecular weight excluding hydrogens is 646 g/mol. The summed E-state index contributed by atoms with van der Waals surface area (Å²) in [5, 5.41) is 14.9. The predicted octanol–water partition coefficient (Wildman–Crippen LogP) is 4.82. The van der Waals surface area contributed by atoms with Crippen LogP contribution in [0, 0.1) is 0 Å². The van der Waals surface area contributed by atoms with Crippen molar-refractivity contribution in [1.29, 1.82) is 0 Å². The number of benzene rings is 3. The van der Waals surface area contributed by atoms with Gasteiger partial charge in [0.1, 0.15) is 37.0 Å². The van der Waals surface area contributed by atoms with E-state index in [1.54, 1.807) is 39.0 Å². The van der Waals surface area contributed by atoms with E-state index >= 15 is 0 Å². The lowest BCUT2D eigenvalue weighted by molar-refractivity contribution is -0.194. The molecule has 0 saturated carbocycles. The van der Waals surface area contributed by atoms with Crippen LogP contribution in [0.5, 0.6) is 5.75 Å². The van der Waals surface area contributed by atoms with E-state index in [1.165, 1.54) is 0 Å². The predicted molar refractivity (Wildman–Crippen MR) is 193 cm³/mol. The van der Waals surface area contributed by atoms with Crippen molar-refractivity contribution in [3.05, 3.63) is 120 Å². The molecule has 0 spiro atoms. The molecule has 5 heterocycles. The molecule has 13 nitrogen and oxygen atoms in total. The van der Waals surface area contributed by atoms with Gasteiger partial charge in [0.25, 0.3) is 0 Å². The molecule has 0 aliphatic carbocycles. The molecule has 51 heavy (non-hydrogen) atoms. The molecule has 3 aromatic heterocycles. The summed E-state index contributed by atoms with van der Waals surface area (Å²) in [6, 6.07) is 26.5. The molecule has 3 aromatic carbocycles. The van der Waals surface area contributed by atoms with E-state index in [2.05, 4.69) is 62.4 Å². The minimum Gasteiger partial charge on any atom is -0.491 e. The van der Waals surface area contributed by atoms with Crippen molar-refractivity contribution in [2.45, 2.75) is 44.7 Å². The Labute approximate surface area is 295 Å². The summed E-state index contributed by atoms with van der Waals surface area (Å²) in [6.45, 7) is 8.56. The lowest BCUT2D eigenvalue weighted by Gasteiger charge is -2.37. The Bertz CT molecular complexity index is 2120. The molecular formula is C38H41N9O4. The van der Waals surface area contributed by atoms with Crippen LogP contribution in [0.25, 0.3) is 16.5 Å². The minimum absolute atomic E-state index is 0.0672. The van der Waals surface area contributed by atoms with E-state index in [9.17, 15) is 4.79 Å². The lowest BCUT2D eigenvalue weighted by atomic mass is 10.0. The van der Waals surface area contributed by atoms with Crippen LogP contribution in [0.15, 0.2) is 109 Å². The van der Waals surface area contributed by atoms with Crippen molar-refractivity contribution in [2.75, 3.05) is 49.2 Å². The molecule has 3 atom stereocenters. The number of hydrogen-bond acceptors (Lipinski definition) is 10. The van der Waals surface area contributed by atoms with E-state index in [-0.39, 0.29) is 24.4 Å². The summed E-state index contributed by atoms with van der Waals surface area (Å²) in [5.41, 5.74) is 3.70. The zero-order chi connectivity index (χ0) is 34.8. The topological polar surface area (TPSA) is 118 Å². The normalized spacial score (nSPS) is 19.8. The Morgan fingerprint density at radius 2 is 1.51 bits per heavy atom. The number of rotatable bonds is 11. The molecule has 2 aliphatic rings. The fourth-order valence-corrected chi connectivity index (χ4v) is 6.82. The third-order valence-electron chi connectivity index (χ3n) is 9.82. The molecule has 2 fully saturated rings. The molecule has 13 heteroatoms. The van der Waals surface area contributed by atoms with Crippen LogP contribution in [0.1, 0.15) is 32.0 Å². The van der Waals surface area contributed by atoms with Crippen LogP contribution in [-0.2, 0) is 21.8 Å². The highest BCUT2D eigenvalue weighted by Gasteiger charge is 2.47. The second-order valence-electron chi connectivity index (χ2n) is 13.0. The molecule has 6 aromatic rings. The molecule has 3 unspecified atom stereocenters. The maximum absolute atomic E-state index is 12.8. The quantitative estimate of drug-likeness (QED) is 0.188. The Hall–Kier alpha value is -5.53. The second kappa shape index (κ2) is 14.0. The van der Waals surface area contributed by atoms with Crippen LogP contribution >= 0.6 is 0 Å². The first-order valence-electron chi connectivity index (χ1n) is 17.5. The smallest absolute Gasteiger partial charge is 0.350 e. The number of nitrogens with zero attached hydrogens (tertiary/aromatic N) is 9. The molecule has 2 aliphatic heterocycles. The molecule has 0 N–H and O–H groups in total. The third kappa shape index (κ3) is 6.57. The van der Waals surface area contributed by atoms with Gasteiger partial charge in [-0.1, -0.05) is 31.2 Å². The highest BCUT2D eigenvalue weighted by atomic mass is 16.8. The maximum Gasteiger partial charge on any atom is 0.350 e. The Morgan fingerprint density at radius 3 is 2.22 bits per heavy atom. The van der Waals surface area contributed by atoms with Gasteiger partial charge in [-0.2, -0.15) is 20.1 Å². The average molecular weight is 688 g/mol. The number of aromatic nitrogens is 7. The van der Waals surface area contributed by atoms with Gasteiger partial charge in [0.2, 0.25) is 5.79 Å². The summed E-state index contributed by atoms with van der Waals surface area (Å²) >= 11 is 0. The summed E-state index contributed by atoms with van der Waals surface area (Å²) in [6.07, 6.45) is 7.20. The number of anilines is 2. The van der Waals surface area contributed by atoms with Gasteiger partial charge in [-0.15, -0.1) is 0 Å². The third-order valence-corrected chi connectivity index (χ3v) is 9.82. The molecule has 262 valence electrons. The van der Waals surface area contributed by atoms with Crippen molar-refractivity contribution in [3.63, 3.8) is 0 Å². The number of hydrogen-bond donors (Lipinski definition) is 0. The van der Waals surface area contributed by atoms with Gasteiger partial charge in [-0.05, 0) is 73.3 Å². The first-order chi connectivity index (χ1) is 25.0. The average Bonchev–Trinajstić information content (AvgIpc) is 3.95. The zero-order valence-electron chi connectivity index (χ0n) is 28.8. The van der Waals surface area contributed by atoms with Gasteiger partial charge in [-0.25, -0.2) is 14.0 Å². The SMILES string of the molecule is CCC(C)n1ncn(-c2ccc(N3CCN(c4ccc(OCC5COC(Cn6nccn6)(c6nccc7ccccc67)O5)cc4)CC3)cc2)c1=O. The molecule has 0 amide bonds. The van der Waals surface area contributed by atoms with Gasteiger partial charge < -0.3 is 24.0 Å². The van der Waals surface area contributed by atoms with Crippen molar-refractivity contribution in [2.24, 2.45) is 0 Å². The molecule has 8 rings (SSSR count). The summed E-state index contributed by atoms with van der Waals surface area (Å²) in [5.74, 6) is -0.386. The standard InChI is InChI=1S/C38H41N9O4/c1-3-28(2)47-37(48)45(27-42-47)32-10-8-30(9-11-32)43-20-22-44(23-21-43)31-12-14-33(15-13-31)49-24-34-25-50-38(51-34,26-46-40-18-19-41-46)36-35-7-5-4-6-29(35)16-17-39-36/h4-19,27-28,34H,3,20-26H2,1-2H3. The Morgan fingerprint density at radius 1 is 0.843 bits per heavy atom. The van der Waals surface area contributed by atoms with Gasteiger partial charge >= 0.3 is 5.69 Å². The van der Waals surface area contributed by atoms with E-state index in [0.717, 1.165) is 66.2 Å². The van der Waals surface area contributed by atoms with Crippen LogP contribution in [0.3, 0.4) is 0 Å². The number of piperazine rings is 1. The summed E-state index contributed by atoms with van der Waals surface area (Å²) in [7, 11) is 0. The van der Waals surface area contributed by atoms with E-state index in [1.807, 2.05) is 55.5 Å². The van der Waals surface area contributed by atoms with Gasteiger partial charge in [0, 0.05) is 49.1 Å². The van der Waals surface area contributed by atoms with Crippen molar-refractivity contribution in [1.82, 2.24) is 34.3 Å². The van der Waals surface area contributed by atoms with Crippen LogP contribution < -0.4 is 20.2 Å². The summed E-state index contributed by atoms with van der Waals surface area (Å²) in [4.78, 5) is 23.9. The number of pyridine rings is 1. The number of ether oxygens (including phenoxy) is 3. The Kier molecular flexibility index (Phi) is 8.97. The van der Waals surface area contributed by atoms with Crippen molar-refractivity contribution >= 4 is 22.1 Å². The second-order valence-corrected chi connectivity index (χ2v) is 13.0. The largest absolute Gasteiger partial charge is 0.491 e. The van der Waals surface area contributed by atoms with Gasteiger partial charge in [-0.3, -0.25) is 4.98 Å². The summed E-state index contributed by atoms with van der Waals surface area (Å²) < 4.78 is 22.4. The van der Waals surface area contributed by atoms with Crippen LogP contribution in [0.2, 0.25) is 0 Å². The molecule has 2 saturated heterocycles. The highest BCUT2D eigenvalue weighted by molar-refractivity contribution is 5.84. The Balaban J connectivity index is 0.867. The van der Waals surface area contributed by atoms with Gasteiger partial charge in [0.05, 0.1) is 30.7 Å². The molecule has 0 radical (unpaired) electrons. The first kappa shape index (κ1) is 32.7. The zero-order valence-corrected chi connectivity index (χ0v) is 28.8. The van der Waals surface area contributed by atoms with Crippen LogP contribution in [-0.4, -0.2) is 79.8 Å². The fourth-order valence-electron chi connectivity index (χ4n) is 6.82. The lowest BCUT2D eigenvalue weighted by Crippen LogP contribution is -2.46. The van der Waals surface area contributed by atoms with Crippen LogP contribution in [0.4, 0.5) is 11.4 Å². The number of fused-ring (bicyclic) bond motifs is 1. The van der Waals surface area contributed by atoms with Gasteiger partial charge in [0.15, 0.2) is 0 Å². The first-order valence-corrected chi connectivity index (χ1v) is 17.5.